The highest BCUT2D eigenvalue weighted by atomic mass is 16.5. The Hall–Kier alpha value is -0.0800. The molecule has 0 bridgehead atoms. The smallest absolute Gasteiger partial charge is 0.0464 e. The molecule has 1 rings (SSSR count). The molecule has 1 N–H and O–H groups in total. The number of ether oxygens (including phenoxy) is 1. The molecule has 72 valence electrons. The second kappa shape index (κ2) is 5.55. The minimum atomic E-state index is 0.817. The summed E-state index contributed by atoms with van der Waals surface area (Å²) in [6.07, 6.45) is 3.96. The molecule has 0 aromatic rings. The van der Waals surface area contributed by atoms with Crippen LogP contribution >= 0.6 is 0 Å². The van der Waals surface area contributed by atoms with E-state index in [1.54, 1.807) is 7.11 Å². The van der Waals surface area contributed by atoms with Crippen LogP contribution in [0.1, 0.15) is 26.2 Å². The minimum absolute atomic E-state index is 0.817. The van der Waals surface area contributed by atoms with Crippen LogP contribution in [0.5, 0.6) is 0 Å². The normalized spacial score (nSPS) is 27.0. The summed E-state index contributed by atoms with van der Waals surface area (Å²) >= 11 is 0. The Morgan fingerprint density at radius 3 is 3.00 bits per heavy atom. The maximum Gasteiger partial charge on any atom is 0.0464 e. The van der Waals surface area contributed by atoms with Crippen LogP contribution in [0.25, 0.3) is 0 Å². The van der Waals surface area contributed by atoms with Crippen LogP contribution in [-0.2, 0) is 4.74 Å². The number of hydrogen-bond acceptors (Lipinski definition) is 2. The van der Waals surface area contributed by atoms with E-state index < -0.39 is 0 Å². The van der Waals surface area contributed by atoms with E-state index in [0.717, 1.165) is 18.4 Å². The number of hydrogen-bond donors (Lipinski definition) is 1. The predicted octanol–water partition coefficient (Wildman–Crippen LogP) is 1.66. The molecule has 1 heterocycles. The zero-order valence-corrected chi connectivity index (χ0v) is 8.31. The summed E-state index contributed by atoms with van der Waals surface area (Å²) in [5.74, 6) is 1.70. The van der Waals surface area contributed by atoms with Crippen LogP contribution in [-0.4, -0.2) is 26.8 Å². The number of rotatable bonds is 4. The van der Waals surface area contributed by atoms with Crippen molar-refractivity contribution in [3.8, 4) is 0 Å². The molecule has 0 aliphatic carbocycles. The highest BCUT2D eigenvalue weighted by molar-refractivity contribution is 4.73. The molecule has 2 unspecified atom stereocenters. The Morgan fingerprint density at radius 2 is 2.42 bits per heavy atom. The standard InChI is InChI=1S/C10H21NO/c1-9(5-7-12-2)10-4-3-6-11-8-10/h9-11H,3-8H2,1-2H3. The van der Waals surface area contributed by atoms with Crippen LogP contribution in [0.2, 0.25) is 0 Å². The van der Waals surface area contributed by atoms with Gasteiger partial charge in [-0.25, -0.2) is 0 Å². The second-order valence-corrected chi connectivity index (χ2v) is 3.87. The van der Waals surface area contributed by atoms with Crippen molar-refractivity contribution in [2.45, 2.75) is 26.2 Å². The van der Waals surface area contributed by atoms with Crippen LogP contribution in [0.15, 0.2) is 0 Å². The molecule has 12 heavy (non-hydrogen) atoms. The molecule has 2 atom stereocenters. The van der Waals surface area contributed by atoms with E-state index in [-0.39, 0.29) is 0 Å². The highest BCUT2D eigenvalue weighted by Crippen LogP contribution is 2.22. The van der Waals surface area contributed by atoms with Gasteiger partial charge in [0.1, 0.15) is 0 Å². The largest absolute Gasteiger partial charge is 0.385 e. The fourth-order valence-electron chi connectivity index (χ4n) is 1.90. The molecule has 0 radical (unpaired) electrons. The summed E-state index contributed by atoms with van der Waals surface area (Å²) in [5.41, 5.74) is 0. The molecule has 0 spiro atoms. The molecule has 1 aliphatic heterocycles. The van der Waals surface area contributed by atoms with Crippen molar-refractivity contribution in [1.29, 1.82) is 0 Å². The summed E-state index contributed by atoms with van der Waals surface area (Å²) in [5, 5.41) is 3.45. The van der Waals surface area contributed by atoms with Crippen LogP contribution < -0.4 is 5.32 Å². The van der Waals surface area contributed by atoms with Gasteiger partial charge in [-0.3, -0.25) is 0 Å². The molecule has 1 saturated heterocycles. The lowest BCUT2D eigenvalue weighted by molar-refractivity contribution is 0.157. The maximum absolute atomic E-state index is 5.08. The molecule has 1 aliphatic rings. The van der Waals surface area contributed by atoms with Gasteiger partial charge < -0.3 is 10.1 Å². The van der Waals surface area contributed by atoms with E-state index in [2.05, 4.69) is 12.2 Å². The van der Waals surface area contributed by atoms with E-state index in [0.29, 0.717) is 0 Å². The zero-order chi connectivity index (χ0) is 8.81. The first-order valence-corrected chi connectivity index (χ1v) is 5.04. The summed E-state index contributed by atoms with van der Waals surface area (Å²) in [6.45, 7) is 5.69. The molecule has 2 heteroatoms. The van der Waals surface area contributed by atoms with Gasteiger partial charge >= 0.3 is 0 Å². The summed E-state index contributed by atoms with van der Waals surface area (Å²) < 4.78 is 5.08. The van der Waals surface area contributed by atoms with E-state index in [1.165, 1.54) is 32.4 Å². The lowest BCUT2D eigenvalue weighted by atomic mass is 9.86. The number of nitrogens with one attached hydrogen (secondary N) is 1. The summed E-state index contributed by atoms with van der Waals surface area (Å²) in [4.78, 5) is 0. The Bertz CT molecular complexity index is 110. The van der Waals surface area contributed by atoms with Gasteiger partial charge in [0.15, 0.2) is 0 Å². The third kappa shape index (κ3) is 3.11. The Morgan fingerprint density at radius 1 is 1.58 bits per heavy atom. The maximum atomic E-state index is 5.08. The van der Waals surface area contributed by atoms with Gasteiger partial charge in [0.05, 0.1) is 0 Å². The van der Waals surface area contributed by atoms with Gasteiger partial charge in [0.2, 0.25) is 0 Å². The van der Waals surface area contributed by atoms with Crippen molar-refractivity contribution >= 4 is 0 Å². The molecular weight excluding hydrogens is 150 g/mol. The molecule has 0 aromatic heterocycles. The van der Waals surface area contributed by atoms with E-state index >= 15 is 0 Å². The van der Waals surface area contributed by atoms with Crippen molar-refractivity contribution < 1.29 is 4.74 Å². The Labute approximate surface area is 75.7 Å². The van der Waals surface area contributed by atoms with Crippen molar-refractivity contribution in [3.63, 3.8) is 0 Å². The molecule has 1 fully saturated rings. The van der Waals surface area contributed by atoms with Crippen LogP contribution in [0, 0.1) is 11.8 Å². The minimum Gasteiger partial charge on any atom is -0.385 e. The first kappa shape index (κ1) is 10.0. The third-order valence-corrected chi connectivity index (χ3v) is 2.92. The molecule has 0 amide bonds. The lowest BCUT2D eigenvalue weighted by Gasteiger charge is -2.28. The third-order valence-electron chi connectivity index (χ3n) is 2.92. The van der Waals surface area contributed by atoms with Gasteiger partial charge in [0.25, 0.3) is 0 Å². The fraction of sp³-hybridized carbons (Fsp3) is 1.00. The van der Waals surface area contributed by atoms with Crippen molar-refractivity contribution in [2.24, 2.45) is 11.8 Å². The quantitative estimate of drug-likeness (QED) is 0.694. The topological polar surface area (TPSA) is 21.3 Å². The van der Waals surface area contributed by atoms with E-state index in [9.17, 15) is 0 Å². The summed E-state index contributed by atoms with van der Waals surface area (Å²) in [7, 11) is 1.78. The highest BCUT2D eigenvalue weighted by Gasteiger charge is 2.18. The Kier molecular flexibility index (Phi) is 4.62. The van der Waals surface area contributed by atoms with Crippen molar-refractivity contribution in [2.75, 3.05) is 26.8 Å². The SMILES string of the molecule is COCCC(C)C1CCCNC1. The Balaban J connectivity index is 2.15. The van der Waals surface area contributed by atoms with Gasteiger partial charge in [-0.15, -0.1) is 0 Å². The van der Waals surface area contributed by atoms with E-state index in [1.807, 2.05) is 0 Å². The lowest BCUT2D eigenvalue weighted by Crippen LogP contribution is -2.33. The molecule has 2 nitrogen and oxygen atoms in total. The zero-order valence-electron chi connectivity index (χ0n) is 8.31. The molecule has 0 saturated carbocycles. The van der Waals surface area contributed by atoms with Gasteiger partial charge in [0, 0.05) is 13.7 Å². The van der Waals surface area contributed by atoms with E-state index in [4.69, 9.17) is 4.74 Å². The van der Waals surface area contributed by atoms with Gasteiger partial charge in [-0.2, -0.15) is 0 Å². The first-order valence-electron chi connectivity index (χ1n) is 5.04. The molecular formula is C10H21NO. The monoisotopic (exact) mass is 171 g/mol. The van der Waals surface area contributed by atoms with Gasteiger partial charge in [-0.1, -0.05) is 6.92 Å². The van der Waals surface area contributed by atoms with Crippen LogP contribution in [0.3, 0.4) is 0 Å². The number of methoxy groups -OCH3 is 1. The van der Waals surface area contributed by atoms with Gasteiger partial charge in [-0.05, 0) is 44.2 Å². The van der Waals surface area contributed by atoms with Crippen LogP contribution in [0.4, 0.5) is 0 Å². The van der Waals surface area contributed by atoms with Crippen molar-refractivity contribution in [3.05, 3.63) is 0 Å². The average Bonchev–Trinajstić information content (AvgIpc) is 2.15. The predicted molar refractivity (Wildman–Crippen MR) is 51.3 cm³/mol. The summed E-state index contributed by atoms with van der Waals surface area (Å²) in [6, 6.07) is 0. The first-order chi connectivity index (χ1) is 5.84. The average molecular weight is 171 g/mol. The fourth-order valence-corrected chi connectivity index (χ4v) is 1.90. The van der Waals surface area contributed by atoms with Crippen molar-refractivity contribution in [1.82, 2.24) is 5.32 Å². The molecule has 0 aromatic carbocycles. The number of piperidine rings is 1. The second-order valence-electron chi connectivity index (χ2n) is 3.87.